The Balaban J connectivity index is 1.52. The van der Waals surface area contributed by atoms with Crippen LogP contribution in [-0.4, -0.2) is 74.1 Å². The lowest BCUT2D eigenvalue weighted by Crippen LogP contribution is -2.49. The van der Waals surface area contributed by atoms with Crippen molar-refractivity contribution < 1.29 is 0 Å². The zero-order valence-electron chi connectivity index (χ0n) is 11.0. The first-order valence-corrected chi connectivity index (χ1v) is 6.91. The molecule has 0 unspecified atom stereocenters. The van der Waals surface area contributed by atoms with E-state index in [1.165, 1.54) is 65.2 Å². The van der Waals surface area contributed by atoms with Gasteiger partial charge < -0.3 is 14.7 Å². The van der Waals surface area contributed by atoms with Crippen molar-refractivity contribution in [3.63, 3.8) is 0 Å². The fourth-order valence-electron chi connectivity index (χ4n) is 2.79. The second-order valence-electron chi connectivity index (χ2n) is 5.56. The van der Waals surface area contributed by atoms with Crippen LogP contribution in [0, 0.1) is 5.92 Å². The minimum absolute atomic E-state index is 0.992. The molecule has 0 radical (unpaired) electrons. The van der Waals surface area contributed by atoms with E-state index in [4.69, 9.17) is 0 Å². The molecule has 16 heavy (non-hydrogen) atoms. The molecule has 0 aromatic carbocycles. The van der Waals surface area contributed by atoms with Gasteiger partial charge in [-0.2, -0.15) is 0 Å². The van der Waals surface area contributed by atoms with Crippen molar-refractivity contribution in [2.45, 2.75) is 19.8 Å². The van der Waals surface area contributed by atoms with Crippen molar-refractivity contribution >= 4 is 0 Å². The molecule has 94 valence electrons. The Morgan fingerprint density at radius 2 is 1.62 bits per heavy atom. The van der Waals surface area contributed by atoms with Crippen LogP contribution in [0.25, 0.3) is 0 Å². The van der Waals surface area contributed by atoms with E-state index < -0.39 is 0 Å². The Labute approximate surface area is 100 Å². The van der Waals surface area contributed by atoms with Gasteiger partial charge in [-0.3, -0.25) is 0 Å². The van der Waals surface area contributed by atoms with E-state index in [9.17, 15) is 0 Å². The molecule has 2 aliphatic rings. The van der Waals surface area contributed by atoms with Crippen molar-refractivity contribution in [3.05, 3.63) is 0 Å². The number of likely N-dealkylation sites (tertiary alicyclic amines) is 1. The molecule has 2 rings (SSSR count). The first-order valence-electron chi connectivity index (χ1n) is 6.91. The third-order valence-corrected chi connectivity index (χ3v) is 4.02. The molecule has 0 bridgehead atoms. The van der Waals surface area contributed by atoms with Crippen molar-refractivity contribution in [1.29, 1.82) is 0 Å². The summed E-state index contributed by atoms with van der Waals surface area (Å²) in [6, 6.07) is 0. The van der Waals surface area contributed by atoms with Crippen molar-refractivity contribution in [2.75, 3.05) is 59.4 Å². The van der Waals surface area contributed by atoms with Crippen molar-refractivity contribution in [1.82, 2.24) is 14.7 Å². The maximum atomic E-state index is 2.64. The van der Waals surface area contributed by atoms with E-state index in [0.717, 1.165) is 5.92 Å². The largest absolute Gasteiger partial charge is 0.304 e. The van der Waals surface area contributed by atoms with Crippen molar-refractivity contribution in [2.24, 2.45) is 5.92 Å². The minimum atomic E-state index is 0.992. The lowest BCUT2D eigenvalue weighted by molar-refractivity contribution is 0.0757. The summed E-state index contributed by atoms with van der Waals surface area (Å²) in [7, 11) is 2.23. The second kappa shape index (κ2) is 5.99. The van der Waals surface area contributed by atoms with Crippen LogP contribution in [0.5, 0.6) is 0 Å². The van der Waals surface area contributed by atoms with Crippen LogP contribution in [-0.2, 0) is 0 Å². The molecule has 0 aromatic heterocycles. The van der Waals surface area contributed by atoms with E-state index in [2.05, 4.69) is 28.7 Å². The van der Waals surface area contributed by atoms with Crippen LogP contribution < -0.4 is 0 Å². The molecule has 2 aliphatic heterocycles. The van der Waals surface area contributed by atoms with Gasteiger partial charge in [-0.25, -0.2) is 0 Å². The fraction of sp³-hybridized carbons (Fsp3) is 1.00. The van der Waals surface area contributed by atoms with E-state index in [1.54, 1.807) is 0 Å². The van der Waals surface area contributed by atoms with Gasteiger partial charge in [0.25, 0.3) is 0 Å². The Morgan fingerprint density at radius 3 is 2.25 bits per heavy atom. The van der Waals surface area contributed by atoms with Gasteiger partial charge in [0.05, 0.1) is 0 Å². The summed E-state index contributed by atoms with van der Waals surface area (Å²) in [4.78, 5) is 7.67. The minimum Gasteiger partial charge on any atom is -0.304 e. The monoisotopic (exact) mass is 225 g/mol. The number of rotatable bonds is 5. The molecule has 0 aromatic rings. The summed E-state index contributed by atoms with van der Waals surface area (Å²) in [5, 5.41) is 0. The summed E-state index contributed by atoms with van der Waals surface area (Å²) in [6.07, 6.45) is 2.73. The van der Waals surface area contributed by atoms with Gasteiger partial charge in [0.1, 0.15) is 0 Å². The lowest BCUT2D eigenvalue weighted by Gasteiger charge is -2.41. The lowest BCUT2D eigenvalue weighted by atomic mass is 9.96. The fourth-order valence-corrected chi connectivity index (χ4v) is 2.79. The van der Waals surface area contributed by atoms with Crippen LogP contribution in [0.15, 0.2) is 0 Å². The molecule has 0 N–H and O–H groups in total. The summed E-state index contributed by atoms with van der Waals surface area (Å²) in [5.41, 5.74) is 0. The molecule has 0 aliphatic carbocycles. The molecule has 3 heteroatoms. The molecule has 0 amide bonds. The van der Waals surface area contributed by atoms with Gasteiger partial charge in [-0.05, 0) is 38.9 Å². The third kappa shape index (κ3) is 3.44. The number of likely N-dealkylation sites (N-methyl/N-ethyl adjacent to an activating group) is 1. The van der Waals surface area contributed by atoms with E-state index in [0.29, 0.717) is 0 Å². The van der Waals surface area contributed by atoms with E-state index in [1.807, 2.05) is 0 Å². The zero-order chi connectivity index (χ0) is 11.4. The maximum Gasteiger partial charge on any atom is 0.0110 e. The average molecular weight is 225 g/mol. The molecule has 0 spiro atoms. The molecular formula is C13H27N3. The van der Waals surface area contributed by atoms with E-state index >= 15 is 0 Å². The summed E-state index contributed by atoms with van der Waals surface area (Å²) < 4.78 is 0. The highest BCUT2D eigenvalue weighted by atomic mass is 15.2. The van der Waals surface area contributed by atoms with E-state index in [-0.39, 0.29) is 0 Å². The third-order valence-electron chi connectivity index (χ3n) is 4.02. The van der Waals surface area contributed by atoms with Crippen LogP contribution in [0.2, 0.25) is 0 Å². The molecule has 2 saturated heterocycles. The number of piperazine rings is 1. The Kier molecular flexibility index (Phi) is 4.62. The zero-order valence-corrected chi connectivity index (χ0v) is 11.0. The Morgan fingerprint density at radius 1 is 0.938 bits per heavy atom. The highest BCUT2D eigenvalue weighted by Crippen LogP contribution is 2.19. The number of hydrogen-bond donors (Lipinski definition) is 0. The van der Waals surface area contributed by atoms with Crippen LogP contribution in [0.4, 0.5) is 0 Å². The number of hydrogen-bond acceptors (Lipinski definition) is 3. The maximum absolute atomic E-state index is 2.64. The van der Waals surface area contributed by atoms with Gasteiger partial charge in [0.2, 0.25) is 0 Å². The molecule has 0 saturated carbocycles. The van der Waals surface area contributed by atoms with Gasteiger partial charge in [-0.1, -0.05) is 6.92 Å². The SMILES string of the molecule is CCCN1CC(CCN2CCN(C)CC2)C1. The molecule has 0 atom stereocenters. The van der Waals surface area contributed by atoms with Gasteiger partial charge in [0.15, 0.2) is 0 Å². The van der Waals surface area contributed by atoms with Crippen LogP contribution >= 0.6 is 0 Å². The highest BCUT2D eigenvalue weighted by molar-refractivity contribution is 4.81. The summed E-state index contributed by atoms with van der Waals surface area (Å²) >= 11 is 0. The number of nitrogens with zero attached hydrogens (tertiary/aromatic N) is 3. The predicted molar refractivity (Wildman–Crippen MR) is 68.8 cm³/mol. The van der Waals surface area contributed by atoms with Crippen molar-refractivity contribution in [3.8, 4) is 0 Å². The standard InChI is InChI=1S/C13H27N3/c1-3-5-16-11-13(12-16)4-6-15-9-7-14(2)8-10-15/h13H,3-12H2,1-2H3. The summed E-state index contributed by atoms with van der Waals surface area (Å²) in [6.45, 7) is 12.7. The Bertz CT molecular complexity index is 193. The average Bonchev–Trinajstić information content (AvgIpc) is 2.24. The quantitative estimate of drug-likeness (QED) is 0.690. The molecule has 2 heterocycles. The first kappa shape index (κ1) is 12.3. The van der Waals surface area contributed by atoms with Gasteiger partial charge >= 0.3 is 0 Å². The van der Waals surface area contributed by atoms with Gasteiger partial charge in [0, 0.05) is 39.3 Å². The predicted octanol–water partition coefficient (Wildman–Crippen LogP) is 0.966. The first-order chi connectivity index (χ1) is 7.78. The molecule has 2 fully saturated rings. The highest BCUT2D eigenvalue weighted by Gasteiger charge is 2.26. The smallest absolute Gasteiger partial charge is 0.0110 e. The van der Waals surface area contributed by atoms with Crippen LogP contribution in [0.1, 0.15) is 19.8 Å². The molecular weight excluding hydrogens is 198 g/mol. The Hall–Kier alpha value is -0.120. The summed E-state index contributed by atoms with van der Waals surface area (Å²) in [5.74, 6) is 0.992. The normalized spacial score (nSPS) is 25.9. The molecule has 3 nitrogen and oxygen atoms in total. The van der Waals surface area contributed by atoms with Crippen LogP contribution in [0.3, 0.4) is 0 Å². The van der Waals surface area contributed by atoms with Gasteiger partial charge in [-0.15, -0.1) is 0 Å². The topological polar surface area (TPSA) is 9.72 Å². The second-order valence-corrected chi connectivity index (χ2v) is 5.56.